The molecule has 0 saturated carbocycles. The lowest BCUT2D eigenvalue weighted by Crippen LogP contribution is -2.27. The molecule has 2 aromatic heterocycles. The second-order valence-electron chi connectivity index (χ2n) is 10.5. The first-order valence-corrected chi connectivity index (χ1v) is 15.7. The van der Waals surface area contributed by atoms with Gasteiger partial charge in [-0.3, -0.25) is 9.69 Å². The van der Waals surface area contributed by atoms with Crippen molar-refractivity contribution >= 4 is 27.5 Å². The number of carbonyl (C=O) groups excluding carboxylic acids is 1. The molecule has 2 heterocycles. The fourth-order valence-corrected chi connectivity index (χ4v) is 6.71. The summed E-state index contributed by atoms with van der Waals surface area (Å²) in [6, 6.07) is 26.1. The van der Waals surface area contributed by atoms with Crippen molar-refractivity contribution < 1.29 is 19.0 Å². The zero-order valence-electron chi connectivity index (χ0n) is 25.7. The van der Waals surface area contributed by atoms with Crippen molar-refractivity contribution in [2.75, 3.05) is 33.9 Å². The van der Waals surface area contributed by atoms with Crippen LogP contribution < -0.4 is 14.9 Å². The van der Waals surface area contributed by atoms with Crippen LogP contribution in [0.2, 0.25) is 0 Å². The molecule has 5 aromatic rings. The summed E-state index contributed by atoms with van der Waals surface area (Å²) in [4.78, 5) is 31.5. The predicted octanol–water partition coefficient (Wildman–Crippen LogP) is 7.04. The summed E-state index contributed by atoms with van der Waals surface area (Å²) in [5.74, 6) is 0.879. The average Bonchev–Trinajstić information content (AvgIpc) is 3.44. The molecular weight excluding hydrogens is 572 g/mol. The molecule has 0 bridgehead atoms. The molecule has 0 radical (unpaired) electrons. The maximum Gasteiger partial charge on any atom is 0.343 e. The van der Waals surface area contributed by atoms with Gasteiger partial charge < -0.3 is 18.8 Å². The van der Waals surface area contributed by atoms with Crippen molar-refractivity contribution in [2.24, 2.45) is 0 Å². The molecule has 8 heteroatoms. The number of carbonyl (C=O) groups is 1. The first-order valence-electron chi connectivity index (χ1n) is 14.9. The van der Waals surface area contributed by atoms with E-state index in [4.69, 9.17) is 14.2 Å². The summed E-state index contributed by atoms with van der Waals surface area (Å²) >= 11 is 1.57. The van der Waals surface area contributed by atoms with Crippen LogP contribution in [-0.4, -0.2) is 49.4 Å². The molecule has 0 aliphatic heterocycles. The van der Waals surface area contributed by atoms with E-state index in [1.165, 1.54) is 5.56 Å². The lowest BCUT2D eigenvalue weighted by atomic mass is 10.0. The van der Waals surface area contributed by atoms with Gasteiger partial charge in [-0.25, -0.2) is 4.79 Å². The Hall–Kier alpha value is -4.40. The number of para-hydroxylation sites is 1. The van der Waals surface area contributed by atoms with Gasteiger partial charge in [-0.15, -0.1) is 11.3 Å². The SMILES string of the molecule is CCOC(=O)c1cn(Cc2ccccc2OC)c2sc(-c3ccc(OC)cc3)c(CN(CC)CCc3ccccc3)c2c1=O. The second kappa shape index (κ2) is 14.4. The normalized spacial score (nSPS) is 11.2. The van der Waals surface area contributed by atoms with Crippen LogP contribution in [0.4, 0.5) is 0 Å². The minimum atomic E-state index is -0.618. The Kier molecular flexibility index (Phi) is 10.1. The number of hydrogen-bond donors (Lipinski definition) is 0. The topological polar surface area (TPSA) is 70.0 Å². The highest BCUT2D eigenvalue weighted by Gasteiger charge is 2.25. The number of nitrogens with zero attached hydrogens (tertiary/aromatic N) is 2. The highest BCUT2D eigenvalue weighted by atomic mass is 32.1. The first kappa shape index (κ1) is 31.0. The van der Waals surface area contributed by atoms with E-state index in [-0.39, 0.29) is 17.6 Å². The van der Waals surface area contributed by atoms with Gasteiger partial charge in [-0.05, 0) is 66.9 Å². The van der Waals surface area contributed by atoms with E-state index in [2.05, 4.69) is 36.1 Å². The number of hydrogen-bond acceptors (Lipinski definition) is 7. The maximum absolute atomic E-state index is 14.2. The van der Waals surface area contributed by atoms with Crippen LogP contribution in [0.15, 0.2) is 89.9 Å². The van der Waals surface area contributed by atoms with E-state index in [1.807, 2.05) is 59.2 Å². The fourth-order valence-electron chi connectivity index (χ4n) is 5.42. The van der Waals surface area contributed by atoms with Crippen LogP contribution >= 0.6 is 11.3 Å². The summed E-state index contributed by atoms with van der Waals surface area (Å²) in [6.45, 7) is 6.66. The molecule has 7 nitrogen and oxygen atoms in total. The highest BCUT2D eigenvalue weighted by molar-refractivity contribution is 7.22. The zero-order valence-corrected chi connectivity index (χ0v) is 26.5. The van der Waals surface area contributed by atoms with Gasteiger partial charge in [0, 0.05) is 29.7 Å². The van der Waals surface area contributed by atoms with Crippen molar-refractivity contribution in [3.8, 4) is 21.9 Å². The van der Waals surface area contributed by atoms with Crippen molar-refractivity contribution in [3.05, 3.63) is 118 Å². The van der Waals surface area contributed by atoms with Crippen LogP contribution in [0.3, 0.4) is 0 Å². The summed E-state index contributed by atoms with van der Waals surface area (Å²) < 4.78 is 18.4. The van der Waals surface area contributed by atoms with E-state index >= 15 is 0 Å². The number of fused-ring (bicyclic) bond motifs is 1. The number of esters is 1. The number of rotatable bonds is 13. The number of thiophene rings is 1. The van der Waals surface area contributed by atoms with Crippen molar-refractivity contribution in [2.45, 2.75) is 33.4 Å². The maximum atomic E-state index is 14.2. The summed E-state index contributed by atoms with van der Waals surface area (Å²) in [7, 11) is 3.29. The van der Waals surface area contributed by atoms with Crippen molar-refractivity contribution in [1.29, 1.82) is 0 Å². The molecule has 0 amide bonds. The average molecular weight is 611 g/mol. The van der Waals surface area contributed by atoms with E-state index < -0.39 is 5.97 Å². The van der Waals surface area contributed by atoms with Crippen molar-refractivity contribution in [1.82, 2.24) is 9.47 Å². The second-order valence-corrected chi connectivity index (χ2v) is 11.5. The molecule has 228 valence electrons. The molecule has 44 heavy (non-hydrogen) atoms. The van der Waals surface area contributed by atoms with Gasteiger partial charge in [-0.2, -0.15) is 0 Å². The molecule has 0 spiro atoms. The number of benzene rings is 3. The minimum Gasteiger partial charge on any atom is -0.497 e. The Morgan fingerprint density at radius 3 is 2.32 bits per heavy atom. The predicted molar refractivity (Wildman–Crippen MR) is 177 cm³/mol. The standard InChI is InChI=1S/C36H38N2O5S/c1-5-37(21-20-25-12-8-7-9-13-25)23-29-32-33(39)30(36(40)43-6-2)24-38(22-27-14-10-11-15-31(27)42-4)35(32)44-34(29)26-16-18-28(41-3)19-17-26/h7-19,24H,5-6,20-23H2,1-4H3. The fraction of sp³-hybridized carbons (Fsp3) is 0.278. The summed E-state index contributed by atoms with van der Waals surface area (Å²) in [5.41, 5.74) is 3.83. The molecule has 5 rings (SSSR count). The molecule has 0 aliphatic rings. The zero-order chi connectivity index (χ0) is 31.1. The number of aromatic nitrogens is 1. The Balaban J connectivity index is 1.70. The molecule has 0 N–H and O–H groups in total. The molecule has 0 saturated heterocycles. The Morgan fingerprint density at radius 1 is 0.909 bits per heavy atom. The molecular formula is C36H38N2O5S. The first-order chi connectivity index (χ1) is 21.5. The lowest BCUT2D eigenvalue weighted by molar-refractivity contribution is 0.0524. The Labute approximate surface area is 262 Å². The highest BCUT2D eigenvalue weighted by Crippen LogP contribution is 2.39. The minimum absolute atomic E-state index is 0.0295. The number of pyridine rings is 1. The quantitative estimate of drug-likeness (QED) is 0.133. The van der Waals surface area contributed by atoms with Gasteiger partial charge in [0.25, 0.3) is 0 Å². The molecule has 0 aliphatic carbocycles. The van der Waals surface area contributed by atoms with Gasteiger partial charge in [0.15, 0.2) is 0 Å². The van der Waals surface area contributed by atoms with Gasteiger partial charge in [0.1, 0.15) is 21.9 Å². The number of methoxy groups -OCH3 is 2. The molecule has 0 atom stereocenters. The van der Waals surface area contributed by atoms with E-state index in [9.17, 15) is 9.59 Å². The van der Waals surface area contributed by atoms with Crippen LogP contribution in [0, 0.1) is 0 Å². The van der Waals surface area contributed by atoms with Crippen LogP contribution in [-0.2, 0) is 24.2 Å². The molecule has 3 aromatic carbocycles. The smallest absolute Gasteiger partial charge is 0.343 e. The number of likely N-dealkylation sites (N-methyl/N-ethyl adjacent to an activating group) is 1. The molecule has 0 unspecified atom stereocenters. The summed E-state index contributed by atoms with van der Waals surface area (Å²) in [6.07, 6.45) is 2.53. The van der Waals surface area contributed by atoms with E-state index in [0.717, 1.165) is 57.4 Å². The van der Waals surface area contributed by atoms with E-state index in [1.54, 1.807) is 38.7 Å². The Morgan fingerprint density at radius 2 is 1.64 bits per heavy atom. The number of ether oxygens (including phenoxy) is 3. The van der Waals surface area contributed by atoms with Gasteiger partial charge in [0.2, 0.25) is 5.43 Å². The van der Waals surface area contributed by atoms with Gasteiger partial charge in [-0.1, -0.05) is 55.5 Å². The van der Waals surface area contributed by atoms with Gasteiger partial charge >= 0.3 is 5.97 Å². The van der Waals surface area contributed by atoms with Crippen LogP contribution in [0.5, 0.6) is 11.5 Å². The summed E-state index contributed by atoms with van der Waals surface area (Å²) in [5, 5.41) is 0.555. The van der Waals surface area contributed by atoms with Crippen LogP contribution in [0.25, 0.3) is 20.7 Å². The Bertz CT molecular complexity index is 1780. The van der Waals surface area contributed by atoms with Gasteiger partial charge in [0.05, 0.1) is 32.8 Å². The third-order valence-electron chi connectivity index (χ3n) is 7.78. The van der Waals surface area contributed by atoms with Crippen molar-refractivity contribution in [3.63, 3.8) is 0 Å². The third kappa shape index (κ3) is 6.72. The lowest BCUT2D eigenvalue weighted by Gasteiger charge is -2.21. The molecule has 0 fully saturated rings. The largest absolute Gasteiger partial charge is 0.497 e. The third-order valence-corrected chi connectivity index (χ3v) is 9.09. The monoisotopic (exact) mass is 610 g/mol. The van der Waals surface area contributed by atoms with Crippen LogP contribution in [0.1, 0.15) is 40.9 Å². The van der Waals surface area contributed by atoms with E-state index in [0.29, 0.717) is 18.5 Å².